The van der Waals surface area contributed by atoms with E-state index >= 15 is 0 Å². The molecule has 5 nitrogen and oxygen atoms in total. The van der Waals surface area contributed by atoms with Crippen molar-refractivity contribution in [1.82, 2.24) is 14.8 Å². The van der Waals surface area contributed by atoms with E-state index in [1.54, 1.807) is 4.90 Å². The van der Waals surface area contributed by atoms with Gasteiger partial charge in [-0.15, -0.1) is 0 Å². The Hall–Kier alpha value is -1.62. The van der Waals surface area contributed by atoms with Crippen molar-refractivity contribution in [2.75, 3.05) is 33.2 Å². The van der Waals surface area contributed by atoms with E-state index in [1.807, 2.05) is 46.3 Å². The minimum Gasteiger partial charge on any atom is -0.444 e. The van der Waals surface area contributed by atoms with Gasteiger partial charge in [-0.2, -0.15) is 0 Å². The van der Waals surface area contributed by atoms with Crippen molar-refractivity contribution in [3.05, 3.63) is 30.1 Å². The Labute approximate surface area is 165 Å². The molecule has 1 aliphatic heterocycles. The molecule has 1 amide bonds. The molecule has 0 spiro atoms. The number of hydrogen-bond donors (Lipinski definition) is 0. The number of ether oxygens (including phenoxy) is 1. The fourth-order valence-corrected chi connectivity index (χ4v) is 3.84. The molecule has 152 valence electrons. The molecule has 27 heavy (non-hydrogen) atoms. The van der Waals surface area contributed by atoms with Crippen LogP contribution < -0.4 is 0 Å². The van der Waals surface area contributed by atoms with Gasteiger partial charge in [-0.25, -0.2) is 4.79 Å². The van der Waals surface area contributed by atoms with E-state index in [0.717, 1.165) is 25.8 Å². The first-order valence-electron chi connectivity index (χ1n) is 10.3. The number of aromatic nitrogens is 1. The van der Waals surface area contributed by atoms with Crippen LogP contribution in [0.4, 0.5) is 4.79 Å². The zero-order valence-electron chi connectivity index (χ0n) is 17.8. The summed E-state index contributed by atoms with van der Waals surface area (Å²) in [6.45, 7) is 12.2. The summed E-state index contributed by atoms with van der Waals surface area (Å²) in [6.07, 6.45) is 9.25. The lowest BCUT2D eigenvalue weighted by Gasteiger charge is -2.36. The molecular weight excluding hydrogens is 338 g/mol. The maximum atomic E-state index is 12.4. The molecular formula is C22H37N3O2. The van der Waals surface area contributed by atoms with E-state index in [-0.39, 0.29) is 11.5 Å². The van der Waals surface area contributed by atoms with E-state index in [2.05, 4.69) is 22.9 Å². The van der Waals surface area contributed by atoms with Crippen LogP contribution in [-0.4, -0.2) is 59.7 Å². The molecule has 2 heterocycles. The number of carbonyl (C=O) groups is 1. The van der Waals surface area contributed by atoms with Gasteiger partial charge >= 0.3 is 6.09 Å². The van der Waals surface area contributed by atoms with Crippen molar-refractivity contribution in [2.24, 2.45) is 0 Å². The largest absolute Gasteiger partial charge is 0.444 e. The van der Waals surface area contributed by atoms with Crippen molar-refractivity contribution in [1.29, 1.82) is 0 Å². The molecule has 1 atom stereocenters. The number of rotatable bonds is 8. The second kappa shape index (κ2) is 9.54. The average molecular weight is 376 g/mol. The Bertz CT molecular complexity index is 579. The second-order valence-electron chi connectivity index (χ2n) is 8.83. The van der Waals surface area contributed by atoms with Crippen LogP contribution in [-0.2, 0) is 10.2 Å². The number of amides is 1. The first-order chi connectivity index (χ1) is 12.8. The van der Waals surface area contributed by atoms with E-state index in [1.165, 1.54) is 31.5 Å². The fraction of sp³-hybridized carbons (Fsp3) is 0.727. The van der Waals surface area contributed by atoms with Crippen LogP contribution in [0.25, 0.3) is 0 Å². The summed E-state index contributed by atoms with van der Waals surface area (Å²) in [5.41, 5.74) is 0.851. The van der Waals surface area contributed by atoms with Crippen LogP contribution in [0.15, 0.2) is 24.5 Å². The topological polar surface area (TPSA) is 45.7 Å². The molecule has 1 saturated heterocycles. The summed E-state index contributed by atoms with van der Waals surface area (Å²) >= 11 is 0. The Morgan fingerprint density at radius 2 is 1.96 bits per heavy atom. The molecule has 0 N–H and O–H groups in total. The molecule has 0 saturated carbocycles. The van der Waals surface area contributed by atoms with Crippen molar-refractivity contribution in [3.63, 3.8) is 0 Å². The molecule has 1 unspecified atom stereocenters. The SMILES string of the molecule is CCC(CCN1CCCC1)(CCN(C)C(=O)OC(C)(C)C)c1cccnc1. The normalized spacial score (nSPS) is 17.5. The molecule has 0 aromatic carbocycles. The van der Waals surface area contributed by atoms with Crippen LogP contribution in [0.2, 0.25) is 0 Å². The first-order valence-corrected chi connectivity index (χ1v) is 10.3. The molecule has 1 fully saturated rings. The van der Waals surface area contributed by atoms with Gasteiger partial charge < -0.3 is 14.5 Å². The highest BCUT2D eigenvalue weighted by Crippen LogP contribution is 2.36. The Balaban J connectivity index is 2.07. The standard InChI is InChI=1S/C22H37N3O2/c1-6-22(19-10-9-13-23-18-19,12-17-25-14-7-8-15-25)11-16-24(5)20(26)27-21(2,3)4/h9-10,13,18H,6-8,11-12,14-17H2,1-5H3. The van der Waals surface area contributed by atoms with Crippen molar-refractivity contribution < 1.29 is 9.53 Å². The lowest BCUT2D eigenvalue weighted by molar-refractivity contribution is 0.0284. The summed E-state index contributed by atoms with van der Waals surface area (Å²) in [6, 6.07) is 4.21. The van der Waals surface area contributed by atoms with Crippen molar-refractivity contribution in [3.8, 4) is 0 Å². The molecule has 0 aliphatic carbocycles. The van der Waals surface area contributed by atoms with Gasteiger partial charge in [0, 0.05) is 26.0 Å². The number of carbonyl (C=O) groups excluding carboxylic acids is 1. The van der Waals surface area contributed by atoms with Crippen LogP contribution in [0.3, 0.4) is 0 Å². The van der Waals surface area contributed by atoms with Crippen molar-refractivity contribution >= 4 is 6.09 Å². The lowest BCUT2D eigenvalue weighted by atomic mass is 9.73. The van der Waals surface area contributed by atoms with Gasteiger partial charge in [0.25, 0.3) is 0 Å². The van der Waals surface area contributed by atoms with E-state index in [0.29, 0.717) is 6.54 Å². The number of hydrogen-bond acceptors (Lipinski definition) is 4. The molecule has 1 aromatic rings. The number of pyridine rings is 1. The highest BCUT2D eigenvalue weighted by molar-refractivity contribution is 5.67. The minimum absolute atomic E-state index is 0.0348. The highest BCUT2D eigenvalue weighted by atomic mass is 16.6. The van der Waals surface area contributed by atoms with Gasteiger partial charge in [0.05, 0.1) is 0 Å². The third-order valence-electron chi connectivity index (χ3n) is 5.69. The van der Waals surface area contributed by atoms with Gasteiger partial charge in [0.1, 0.15) is 5.60 Å². The predicted molar refractivity (Wildman–Crippen MR) is 110 cm³/mol. The highest BCUT2D eigenvalue weighted by Gasteiger charge is 2.32. The third-order valence-corrected chi connectivity index (χ3v) is 5.69. The number of nitrogens with zero attached hydrogens (tertiary/aromatic N) is 3. The van der Waals surface area contributed by atoms with Gasteiger partial charge in [-0.05, 0) is 89.6 Å². The fourth-order valence-electron chi connectivity index (χ4n) is 3.84. The quantitative estimate of drug-likeness (QED) is 0.672. The zero-order chi connectivity index (χ0) is 19.9. The lowest BCUT2D eigenvalue weighted by Crippen LogP contribution is -2.39. The van der Waals surface area contributed by atoms with Gasteiger partial charge in [-0.1, -0.05) is 13.0 Å². The Morgan fingerprint density at radius 3 is 2.52 bits per heavy atom. The summed E-state index contributed by atoms with van der Waals surface area (Å²) in [5.74, 6) is 0. The Morgan fingerprint density at radius 1 is 1.26 bits per heavy atom. The zero-order valence-corrected chi connectivity index (χ0v) is 17.8. The molecule has 1 aromatic heterocycles. The average Bonchev–Trinajstić information content (AvgIpc) is 3.15. The van der Waals surface area contributed by atoms with Crippen molar-refractivity contribution in [2.45, 2.75) is 70.8 Å². The monoisotopic (exact) mass is 375 g/mol. The summed E-state index contributed by atoms with van der Waals surface area (Å²) in [4.78, 5) is 21.0. The summed E-state index contributed by atoms with van der Waals surface area (Å²) in [7, 11) is 1.83. The third kappa shape index (κ3) is 6.49. The van der Waals surface area contributed by atoms with E-state index < -0.39 is 5.60 Å². The van der Waals surface area contributed by atoms with Gasteiger partial charge in [0.15, 0.2) is 0 Å². The smallest absolute Gasteiger partial charge is 0.410 e. The van der Waals surface area contributed by atoms with Gasteiger partial charge in [0.2, 0.25) is 0 Å². The maximum absolute atomic E-state index is 12.4. The second-order valence-corrected chi connectivity index (χ2v) is 8.83. The molecule has 5 heteroatoms. The molecule has 0 radical (unpaired) electrons. The first kappa shape index (κ1) is 21.7. The predicted octanol–water partition coefficient (Wildman–Crippen LogP) is 4.47. The molecule has 2 rings (SSSR count). The van der Waals surface area contributed by atoms with E-state index in [9.17, 15) is 4.79 Å². The van der Waals surface area contributed by atoms with Gasteiger partial charge in [-0.3, -0.25) is 4.98 Å². The van der Waals surface area contributed by atoms with Crippen LogP contribution >= 0.6 is 0 Å². The minimum atomic E-state index is -0.466. The Kier molecular flexibility index (Phi) is 7.66. The number of likely N-dealkylation sites (tertiary alicyclic amines) is 1. The molecule has 0 bridgehead atoms. The summed E-state index contributed by atoms with van der Waals surface area (Å²) < 4.78 is 5.51. The molecule has 1 aliphatic rings. The van der Waals surface area contributed by atoms with Crippen LogP contribution in [0.5, 0.6) is 0 Å². The van der Waals surface area contributed by atoms with Crippen LogP contribution in [0.1, 0.15) is 65.4 Å². The summed E-state index contributed by atoms with van der Waals surface area (Å²) in [5, 5.41) is 0. The maximum Gasteiger partial charge on any atom is 0.410 e. The van der Waals surface area contributed by atoms with Crippen LogP contribution in [0, 0.1) is 0 Å². The van der Waals surface area contributed by atoms with E-state index in [4.69, 9.17) is 4.74 Å².